The van der Waals surface area contributed by atoms with Crippen LogP contribution in [0.25, 0.3) is 0 Å². The largest absolute Gasteiger partial charge is 0.349 e. The van der Waals surface area contributed by atoms with Crippen molar-refractivity contribution in [2.75, 3.05) is 7.05 Å². The van der Waals surface area contributed by atoms with Gasteiger partial charge >= 0.3 is 0 Å². The Balaban J connectivity index is 1.94. The molecule has 5 heteroatoms. The summed E-state index contributed by atoms with van der Waals surface area (Å²) in [7, 11) is 1.93. The van der Waals surface area contributed by atoms with E-state index in [9.17, 15) is 13.6 Å². The van der Waals surface area contributed by atoms with Crippen molar-refractivity contribution in [3.8, 4) is 0 Å². The number of benzene rings is 1. The van der Waals surface area contributed by atoms with Gasteiger partial charge in [-0.15, -0.1) is 0 Å². The quantitative estimate of drug-likeness (QED) is 0.882. The van der Waals surface area contributed by atoms with Gasteiger partial charge in [0.05, 0.1) is 0 Å². The summed E-state index contributed by atoms with van der Waals surface area (Å²) in [5.74, 6) is -1.88. The number of amides is 1. The Kier molecular flexibility index (Phi) is 4.47. The lowest BCUT2D eigenvalue weighted by Gasteiger charge is -2.28. The van der Waals surface area contributed by atoms with Crippen LogP contribution >= 0.6 is 0 Å². The number of hydrogen-bond acceptors (Lipinski definition) is 2. The molecule has 1 aromatic carbocycles. The van der Waals surface area contributed by atoms with Gasteiger partial charge in [0.1, 0.15) is 11.6 Å². The van der Waals surface area contributed by atoms with Crippen LogP contribution in [-0.2, 0) is 0 Å². The number of carbonyl (C=O) groups is 1. The van der Waals surface area contributed by atoms with Crippen LogP contribution in [0.1, 0.15) is 36.0 Å². The number of rotatable bonds is 3. The highest BCUT2D eigenvalue weighted by molar-refractivity contribution is 5.94. The summed E-state index contributed by atoms with van der Waals surface area (Å²) in [6, 6.07) is 3.45. The third kappa shape index (κ3) is 3.73. The van der Waals surface area contributed by atoms with E-state index in [-0.39, 0.29) is 11.6 Å². The molecule has 0 spiro atoms. The van der Waals surface area contributed by atoms with Crippen molar-refractivity contribution >= 4 is 5.91 Å². The molecule has 19 heavy (non-hydrogen) atoms. The van der Waals surface area contributed by atoms with Crippen LogP contribution in [0.3, 0.4) is 0 Å². The molecule has 1 amide bonds. The first-order chi connectivity index (χ1) is 9.08. The minimum absolute atomic E-state index is 0.0354. The Labute approximate surface area is 111 Å². The van der Waals surface area contributed by atoms with Gasteiger partial charge < -0.3 is 10.6 Å². The molecule has 1 saturated carbocycles. The topological polar surface area (TPSA) is 41.1 Å². The number of hydrogen-bond donors (Lipinski definition) is 2. The second-order valence-corrected chi connectivity index (χ2v) is 4.97. The molecule has 0 radical (unpaired) electrons. The summed E-state index contributed by atoms with van der Waals surface area (Å²) >= 11 is 0. The average molecular weight is 268 g/mol. The minimum atomic E-state index is -0.732. The summed E-state index contributed by atoms with van der Waals surface area (Å²) in [5.41, 5.74) is 0.0354. The summed E-state index contributed by atoms with van der Waals surface area (Å²) in [6.07, 6.45) is 3.77. The van der Waals surface area contributed by atoms with Crippen molar-refractivity contribution in [2.45, 2.75) is 37.8 Å². The van der Waals surface area contributed by atoms with E-state index < -0.39 is 17.5 Å². The van der Waals surface area contributed by atoms with Gasteiger partial charge in [-0.05, 0) is 44.9 Å². The van der Waals surface area contributed by atoms with E-state index in [0.717, 1.165) is 43.9 Å². The normalized spacial score (nSPS) is 23.1. The fraction of sp³-hybridized carbons (Fsp3) is 0.500. The fourth-order valence-electron chi connectivity index (χ4n) is 2.48. The zero-order valence-corrected chi connectivity index (χ0v) is 10.9. The summed E-state index contributed by atoms with van der Waals surface area (Å²) in [4.78, 5) is 11.9. The van der Waals surface area contributed by atoms with Crippen molar-refractivity contribution in [1.82, 2.24) is 10.6 Å². The summed E-state index contributed by atoms with van der Waals surface area (Å²) in [5, 5.41) is 6.05. The fourth-order valence-corrected chi connectivity index (χ4v) is 2.48. The van der Waals surface area contributed by atoms with Gasteiger partial charge in [0, 0.05) is 23.7 Å². The van der Waals surface area contributed by atoms with E-state index in [2.05, 4.69) is 10.6 Å². The lowest BCUT2D eigenvalue weighted by molar-refractivity contribution is 0.0923. The molecule has 0 atom stereocenters. The monoisotopic (exact) mass is 268 g/mol. The zero-order chi connectivity index (χ0) is 13.8. The van der Waals surface area contributed by atoms with Crippen LogP contribution in [0.5, 0.6) is 0 Å². The van der Waals surface area contributed by atoms with Crippen molar-refractivity contribution < 1.29 is 13.6 Å². The number of carbonyl (C=O) groups excluding carboxylic acids is 1. The van der Waals surface area contributed by atoms with Gasteiger partial charge in [0.25, 0.3) is 5.91 Å². The number of halogens is 2. The van der Waals surface area contributed by atoms with E-state index >= 15 is 0 Å². The van der Waals surface area contributed by atoms with E-state index in [4.69, 9.17) is 0 Å². The lowest BCUT2D eigenvalue weighted by Crippen LogP contribution is -2.41. The molecule has 0 saturated heterocycles. The highest BCUT2D eigenvalue weighted by Crippen LogP contribution is 2.19. The molecular formula is C14H18F2N2O. The van der Waals surface area contributed by atoms with Crippen molar-refractivity contribution in [1.29, 1.82) is 0 Å². The Hall–Kier alpha value is -1.49. The van der Waals surface area contributed by atoms with Crippen LogP contribution < -0.4 is 10.6 Å². The first-order valence-electron chi connectivity index (χ1n) is 6.52. The van der Waals surface area contributed by atoms with Crippen LogP contribution in [0.4, 0.5) is 8.78 Å². The van der Waals surface area contributed by atoms with Gasteiger partial charge in [-0.25, -0.2) is 8.78 Å². The van der Waals surface area contributed by atoms with Crippen LogP contribution in [0.2, 0.25) is 0 Å². The molecule has 104 valence electrons. The van der Waals surface area contributed by atoms with Crippen molar-refractivity contribution in [3.05, 3.63) is 35.4 Å². The second kappa shape index (κ2) is 6.10. The molecule has 3 nitrogen and oxygen atoms in total. The lowest BCUT2D eigenvalue weighted by atomic mass is 9.91. The van der Waals surface area contributed by atoms with E-state index in [1.54, 1.807) is 0 Å². The molecule has 0 bridgehead atoms. The third-order valence-corrected chi connectivity index (χ3v) is 3.60. The summed E-state index contributed by atoms with van der Waals surface area (Å²) in [6.45, 7) is 0. The Bertz CT molecular complexity index is 437. The molecule has 1 aliphatic rings. The molecule has 0 aliphatic heterocycles. The molecule has 2 rings (SSSR count). The van der Waals surface area contributed by atoms with Gasteiger partial charge in [0.15, 0.2) is 0 Å². The molecule has 0 unspecified atom stereocenters. The average Bonchev–Trinajstić information content (AvgIpc) is 2.38. The van der Waals surface area contributed by atoms with Gasteiger partial charge in [-0.3, -0.25) is 4.79 Å². The van der Waals surface area contributed by atoms with Crippen molar-refractivity contribution in [2.24, 2.45) is 0 Å². The third-order valence-electron chi connectivity index (χ3n) is 3.60. The Morgan fingerprint density at radius 3 is 2.11 bits per heavy atom. The molecule has 2 N–H and O–H groups in total. The van der Waals surface area contributed by atoms with Crippen molar-refractivity contribution in [3.63, 3.8) is 0 Å². The Morgan fingerprint density at radius 2 is 1.58 bits per heavy atom. The van der Waals surface area contributed by atoms with Crippen LogP contribution in [0, 0.1) is 11.6 Å². The molecule has 1 fully saturated rings. The van der Waals surface area contributed by atoms with Crippen LogP contribution in [-0.4, -0.2) is 25.0 Å². The maximum Gasteiger partial charge on any atom is 0.251 e. The highest BCUT2D eigenvalue weighted by Gasteiger charge is 2.22. The van der Waals surface area contributed by atoms with Crippen LogP contribution in [0.15, 0.2) is 18.2 Å². The van der Waals surface area contributed by atoms with E-state index in [1.165, 1.54) is 0 Å². The summed E-state index contributed by atoms with van der Waals surface area (Å²) < 4.78 is 26.1. The zero-order valence-electron chi connectivity index (χ0n) is 10.9. The minimum Gasteiger partial charge on any atom is -0.349 e. The molecule has 1 aliphatic carbocycles. The van der Waals surface area contributed by atoms with Gasteiger partial charge in [-0.1, -0.05) is 0 Å². The first kappa shape index (κ1) is 13.9. The predicted molar refractivity (Wildman–Crippen MR) is 68.9 cm³/mol. The first-order valence-corrected chi connectivity index (χ1v) is 6.52. The maximum absolute atomic E-state index is 13.0. The predicted octanol–water partition coefficient (Wildman–Crippen LogP) is 2.23. The maximum atomic E-state index is 13.0. The van der Waals surface area contributed by atoms with Gasteiger partial charge in [-0.2, -0.15) is 0 Å². The smallest absolute Gasteiger partial charge is 0.251 e. The van der Waals surface area contributed by atoms with E-state index in [0.29, 0.717) is 6.04 Å². The van der Waals surface area contributed by atoms with E-state index in [1.807, 2.05) is 7.05 Å². The highest BCUT2D eigenvalue weighted by atomic mass is 19.1. The number of nitrogens with one attached hydrogen (secondary N) is 2. The van der Waals surface area contributed by atoms with Gasteiger partial charge in [0.2, 0.25) is 0 Å². The SMILES string of the molecule is CNC1CCC(NC(=O)c2cc(F)cc(F)c2)CC1. The standard InChI is InChI=1S/C14H18F2N2O/c1-17-12-2-4-13(5-3-12)18-14(19)9-6-10(15)8-11(16)7-9/h6-8,12-13,17H,2-5H2,1H3,(H,18,19). The Morgan fingerprint density at radius 1 is 1.05 bits per heavy atom. The molecule has 0 aromatic heterocycles. The molecule has 0 heterocycles. The second-order valence-electron chi connectivity index (χ2n) is 4.97. The molecular weight excluding hydrogens is 250 g/mol. The molecule has 1 aromatic rings.